The maximum atomic E-state index is 6.24. The van der Waals surface area contributed by atoms with E-state index in [4.69, 9.17) is 23.7 Å². The van der Waals surface area contributed by atoms with Gasteiger partial charge in [-0.05, 0) is 6.42 Å². The zero-order valence-electron chi connectivity index (χ0n) is 14.7. The Morgan fingerprint density at radius 2 is 1.96 bits per heavy atom. The Bertz CT molecular complexity index is 494. The van der Waals surface area contributed by atoms with Crippen LogP contribution in [0.5, 0.6) is 0 Å². The Labute approximate surface area is 144 Å². The van der Waals surface area contributed by atoms with Gasteiger partial charge in [-0.25, -0.2) is 0 Å². The van der Waals surface area contributed by atoms with Gasteiger partial charge in [0.2, 0.25) is 0 Å². The van der Waals surface area contributed by atoms with Crippen LogP contribution in [0.15, 0.2) is 30.3 Å². The minimum Gasteiger partial charge on any atom is -0.373 e. The molecule has 0 aliphatic carbocycles. The van der Waals surface area contributed by atoms with E-state index in [1.54, 1.807) is 7.11 Å². The summed E-state index contributed by atoms with van der Waals surface area (Å²) in [5.41, 5.74) is 1.03. The largest absolute Gasteiger partial charge is 0.373 e. The van der Waals surface area contributed by atoms with Gasteiger partial charge in [-0.2, -0.15) is 0 Å². The third kappa shape index (κ3) is 3.81. The number of fused-ring (bicyclic) bond motifs is 1. The maximum Gasteiger partial charge on any atom is 0.184 e. The van der Waals surface area contributed by atoms with E-state index in [2.05, 4.69) is 13.8 Å². The molecule has 5 heteroatoms. The second-order valence-corrected chi connectivity index (χ2v) is 6.50. The van der Waals surface area contributed by atoms with Crippen molar-refractivity contribution < 1.29 is 23.7 Å². The molecule has 0 aromatic heterocycles. The van der Waals surface area contributed by atoms with Crippen molar-refractivity contribution in [2.45, 2.75) is 57.6 Å². The fraction of sp³-hybridized carbons (Fsp3) is 0.684. The lowest BCUT2D eigenvalue weighted by molar-refractivity contribution is -0.352. The molecule has 2 heterocycles. The summed E-state index contributed by atoms with van der Waals surface area (Å²) in [7, 11) is 1.66. The molecule has 5 nitrogen and oxygen atoms in total. The highest BCUT2D eigenvalue weighted by Crippen LogP contribution is 2.37. The average Bonchev–Trinajstić information content (AvgIpc) is 2.64. The monoisotopic (exact) mass is 336 g/mol. The van der Waals surface area contributed by atoms with Gasteiger partial charge in [-0.3, -0.25) is 0 Å². The molecule has 0 radical (unpaired) electrons. The number of benzene rings is 1. The highest BCUT2D eigenvalue weighted by atomic mass is 16.7. The molecule has 0 spiro atoms. The van der Waals surface area contributed by atoms with E-state index in [0.717, 1.165) is 18.4 Å². The number of hydrogen-bond donors (Lipinski definition) is 0. The first-order valence-corrected chi connectivity index (χ1v) is 8.86. The maximum absolute atomic E-state index is 6.24. The van der Waals surface area contributed by atoms with E-state index < -0.39 is 0 Å². The van der Waals surface area contributed by atoms with Crippen LogP contribution in [-0.4, -0.2) is 44.9 Å². The summed E-state index contributed by atoms with van der Waals surface area (Å²) in [6, 6.07) is 10.0. The summed E-state index contributed by atoms with van der Waals surface area (Å²) in [6.45, 7) is 5.51. The van der Waals surface area contributed by atoms with Crippen LogP contribution in [0.3, 0.4) is 0 Å². The van der Waals surface area contributed by atoms with Gasteiger partial charge >= 0.3 is 0 Å². The number of methoxy groups -OCH3 is 1. The fourth-order valence-electron chi connectivity index (χ4n) is 3.38. The number of unbranched alkanes of at least 4 members (excludes halogenated alkanes) is 1. The Hall–Kier alpha value is -0.980. The quantitative estimate of drug-likeness (QED) is 0.746. The van der Waals surface area contributed by atoms with Gasteiger partial charge in [0.05, 0.1) is 12.7 Å². The lowest BCUT2D eigenvalue weighted by Crippen LogP contribution is -2.59. The molecule has 2 aliphatic heterocycles. The minimum absolute atomic E-state index is 0.0676. The molecule has 1 unspecified atom stereocenters. The summed E-state index contributed by atoms with van der Waals surface area (Å²) in [5, 5.41) is 0. The van der Waals surface area contributed by atoms with E-state index in [9.17, 15) is 0 Å². The van der Waals surface area contributed by atoms with Gasteiger partial charge in [0.1, 0.15) is 12.2 Å². The second-order valence-electron chi connectivity index (χ2n) is 6.50. The molecule has 1 aromatic rings. The van der Waals surface area contributed by atoms with Crippen LogP contribution in [0, 0.1) is 5.92 Å². The van der Waals surface area contributed by atoms with Gasteiger partial charge in [0, 0.05) is 25.2 Å². The SMILES string of the molecule is CCCCO[C@H]1[C@@H](OC)O[C@@H]2COC(c3ccccc3)O[C@H]2[C@@H]1C. The summed E-state index contributed by atoms with van der Waals surface area (Å²) in [6.07, 6.45) is 1.08. The van der Waals surface area contributed by atoms with Crippen LogP contribution < -0.4 is 0 Å². The average molecular weight is 336 g/mol. The molecular weight excluding hydrogens is 308 g/mol. The van der Waals surface area contributed by atoms with Crippen molar-refractivity contribution in [2.75, 3.05) is 20.3 Å². The Morgan fingerprint density at radius 3 is 2.67 bits per heavy atom. The zero-order valence-corrected chi connectivity index (χ0v) is 14.7. The first-order valence-electron chi connectivity index (χ1n) is 8.86. The van der Waals surface area contributed by atoms with E-state index in [-0.39, 0.29) is 36.8 Å². The van der Waals surface area contributed by atoms with Crippen LogP contribution in [0.1, 0.15) is 38.5 Å². The molecule has 0 amide bonds. The number of rotatable bonds is 6. The van der Waals surface area contributed by atoms with Gasteiger partial charge in [0.25, 0.3) is 0 Å². The van der Waals surface area contributed by atoms with Crippen LogP contribution >= 0.6 is 0 Å². The number of ether oxygens (including phenoxy) is 5. The smallest absolute Gasteiger partial charge is 0.184 e. The molecule has 1 aromatic carbocycles. The highest BCUT2D eigenvalue weighted by molar-refractivity contribution is 5.16. The molecule has 24 heavy (non-hydrogen) atoms. The minimum atomic E-state index is -0.376. The topological polar surface area (TPSA) is 46.2 Å². The molecule has 0 saturated carbocycles. The van der Waals surface area contributed by atoms with Gasteiger partial charge in [-0.1, -0.05) is 50.6 Å². The molecule has 3 rings (SSSR count). The summed E-state index contributed by atoms with van der Waals surface area (Å²) in [5.74, 6) is 0.167. The normalized spacial score (nSPS) is 36.3. The van der Waals surface area contributed by atoms with Crippen molar-refractivity contribution in [1.82, 2.24) is 0 Å². The molecule has 134 valence electrons. The van der Waals surface area contributed by atoms with Crippen molar-refractivity contribution in [3.63, 3.8) is 0 Å². The van der Waals surface area contributed by atoms with Gasteiger partial charge in [-0.15, -0.1) is 0 Å². The molecular formula is C19H28O5. The standard InChI is InChI=1S/C19H28O5/c1-4-5-11-21-17-13(2)16-15(23-19(17)20-3)12-22-18(24-16)14-9-7-6-8-10-14/h6-10,13,15-19H,4-5,11-12H2,1-3H3/t13-,15+,16-,17+,18?,19-/m0/s1. The van der Waals surface area contributed by atoms with Crippen LogP contribution in [0.2, 0.25) is 0 Å². The van der Waals surface area contributed by atoms with Crippen molar-refractivity contribution in [3.05, 3.63) is 35.9 Å². The lowest BCUT2D eigenvalue weighted by Gasteiger charge is -2.48. The highest BCUT2D eigenvalue weighted by Gasteiger charge is 2.48. The second kappa shape index (κ2) is 8.41. The first kappa shape index (κ1) is 17.8. The van der Waals surface area contributed by atoms with Crippen LogP contribution in [0.4, 0.5) is 0 Å². The molecule has 0 N–H and O–H groups in total. The van der Waals surface area contributed by atoms with Crippen molar-refractivity contribution in [3.8, 4) is 0 Å². The van der Waals surface area contributed by atoms with E-state index in [1.165, 1.54) is 0 Å². The predicted molar refractivity (Wildman–Crippen MR) is 89.5 cm³/mol. The van der Waals surface area contributed by atoms with Crippen molar-refractivity contribution in [2.24, 2.45) is 5.92 Å². The molecule has 2 fully saturated rings. The summed E-state index contributed by atoms with van der Waals surface area (Å²) >= 11 is 0. The summed E-state index contributed by atoms with van der Waals surface area (Å²) < 4.78 is 29.7. The number of hydrogen-bond acceptors (Lipinski definition) is 5. The third-order valence-corrected chi connectivity index (χ3v) is 4.78. The third-order valence-electron chi connectivity index (χ3n) is 4.78. The first-order chi connectivity index (χ1) is 11.7. The van der Waals surface area contributed by atoms with E-state index >= 15 is 0 Å². The van der Waals surface area contributed by atoms with E-state index in [0.29, 0.717) is 13.2 Å². The fourth-order valence-corrected chi connectivity index (χ4v) is 3.38. The lowest BCUT2D eigenvalue weighted by atomic mass is 9.89. The molecule has 6 atom stereocenters. The molecule has 2 saturated heterocycles. The Balaban J connectivity index is 1.69. The van der Waals surface area contributed by atoms with Crippen LogP contribution in [0.25, 0.3) is 0 Å². The summed E-state index contributed by atoms with van der Waals surface area (Å²) in [4.78, 5) is 0. The van der Waals surface area contributed by atoms with Gasteiger partial charge < -0.3 is 23.7 Å². The van der Waals surface area contributed by atoms with Crippen molar-refractivity contribution in [1.29, 1.82) is 0 Å². The Kier molecular flexibility index (Phi) is 6.25. The van der Waals surface area contributed by atoms with Crippen molar-refractivity contribution >= 4 is 0 Å². The zero-order chi connectivity index (χ0) is 16.9. The van der Waals surface area contributed by atoms with Crippen LogP contribution in [-0.2, 0) is 23.7 Å². The predicted octanol–water partition coefficient (Wildman–Crippen LogP) is 3.29. The Morgan fingerprint density at radius 1 is 1.17 bits per heavy atom. The molecule has 0 bridgehead atoms. The van der Waals surface area contributed by atoms with Gasteiger partial charge in [0.15, 0.2) is 12.6 Å². The molecule has 2 aliphatic rings. The van der Waals surface area contributed by atoms with E-state index in [1.807, 2.05) is 30.3 Å².